The van der Waals surface area contributed by atoms with E-state index in [0.717, 1.165) is 4.88 Å². The predicted molar refractivity (Wildman–Crippen MR) is 104 cm³/mol. The van der Waals surface area contributed by atoms with Gasteiger partial charge < -0.3 is 19.3 Å². The van der Waals surface area contributed by atoms with E-state index in [4.69, 9.17) is 9.47 Å². The first-order chi connectivity index (χ1) is 13.2. The van der Waals surface area contributed by atoms with Crippen molar-refractivity contribution in [2.24, 2.45) is 0 Å². The molecule has 2 aliphatic rings. The molecule has 140 valence electrons. The smallest absolute Gasteiger partial charge is 0.265 e. The van der Waals surface area contributed by atoms with E-state index in [2.05, 4.69) is 0 Å². The van der Waals surface area contributed by atoms with E-state index < -0.39 is 6.10 Å². The third-order valence-corrected chi connectivity index (χ3v) is 5.41. The maximum Gasteiger partial charge on any atom is 0.265 e. The summed E-state index contributed by atoms with van der Waals surface area (Å²) in [7, 11) is 0. The number of carbonyl (C=O) groups is 2. The number of morpholine rings is 1. The van der Waals surface area contributed by atoms with Crippen LogP contribution in [-0.4, -0.2) is 55.7 Å². The Morgan fingerprint density at radius 3 is 2.70 bits per heavy atom. The first-order valence-electron chi connectivity index (χ1n) is 8.88. The van der Waals surface area contributed by atoms with E-state index in [1.54, 1.807) is 39.4 Å². The highest BCUT2D eigenvalue weighted by atomic mass is 32.1. The van der Waals surface area contributed by atoms with E-state index in [1.807, 2.05) is 35.7 Å². The van der Waals surface area contributed by atoms with E-state index in [1.165, 1.54) is 0 Å². The van der Waals surface area contributed by atoms with Crippen LogP contribution in [0.4, 0.5) is 5.69 Å². The summed E-state index contributed by atoms with van der Waals surface area (Å²) < 4.78 is 11.2. The molecule has 3 heterocycles. The summed E-state index contributed by atoms with van der Waals surface area (Å²) in [6.07, 6.45) is 2.63. The molecule has 7 heteroatoms. The Bertz CT molecular complexity index is 843. The lowest BCUT2D eigenvalue weighted by molar-refractivity contribution is -0.142. The van der Waals surface area contributed by atoms with Crippen LogP contribution >= 0.6 is 11.3 Å². The largest absolute Gasteiger partial charge is 0.476 e. The second-order valence-electron chi connectivity index (χ2n) is 6.31. The van der Waals surface area contributed by atoms with Crippen LogP contribution in [0, 0.1) is 0 Å². The van der Waals surface area contributed by atoms with Gasteiger partial charge in [-0.2, -0.15) is 0 Å². The number of nitrogens with zero attached hydrogens (tertiary/aromatic N) is 2. The molecule has 0 aliphatic carbocycles. The molecule has 0 N–H and O–H groups in total. The van der Waals surface area contributed by atoms with Gasteiger partial charge in [-0.25, -0.2) is 0 Å². The Hall–Kier alpha value is -2.64. The van der Waals surface area contributed by atoms with Crippen molar-refractivity contribution < 1.29 is 19.1 Å². The lowest BCUT2D eigenvalue weighted by Crippen LogP contribution is -2.53. The van der Waals surface area contributed by atoms with Crippen LogP contribution in [0.1, 0.15) is 4.88 Å². The summed E-state index contributed by atoms with van der Waals surface area (Å²) in [5.41, 5.74) is 0.685. The number of hydrogen-bond acceptors (Lipinski definition) is 5. The summed E-state index contributed by atoms with van der Waals surface area (Å²) in [4.78, 5) is 30.1. The first kappa shape index (κ1) is 17.8. The topological polar surface area (TPSA) is 59.1 Å². The van der Waals surface area contributed by atoms with Gasteiger partial charge in [0.15, 0.2) is 6.10 Å². The number of fused-ring (bicyclic) bond motifs is 1. The molecule has 6 nitrogen and oxygen atoms in total. The number of ether oxygens (including phenoxy) is 2. The second kappa shape index (κ2) is 7.94. The Balaban J connectivity index is 1.56. The number of anilines is 1. The molecule has 1 atom stereocenters. The van der Waals surface area contributed by atoms with Crippen LogP contribution in [0.25, 0.3) is 6.08 Å². The molecule has 1 saturated heterocycles. The molecular weight excluding hydrogens is 364 g/mol. The second-order valence-corrected chi connectivity index (χ2v) is 7.29. The van der Waals surface area contributed by atoms with E-state index in [9.17, 15) is 9.59 Å². The van der Waals surface area contributed by atoms with Crippen LogP contribution in [0.15, 0.2) is 47.9 Å². The highest BCUT2D eigenvalue weighted by Crippen LogP contribution is 2.34. The number of thiophene rings is 1. The van der Waals surface area contributed by atoms with E-state index in [0.29, 0.717) is 37.7 Å². The highest BCUT2D eigenvalue weighted by Gasteiger charge is 2.35. The van der Waals surface area contributed by atoms with Crippen LogP contribution in [-0.2, 0) is 14.3 Å². The first-order valence-corrected chi connectivity index (χ1v) is 9.75. The molecule has 0 spiro atoms. The zero-order valence-electron chi connectivity index (χ0n) is 14.7. The zero-order valence-corrected chi connectivity index (χ0v) is 15.6. The van der Waals surface area contributed by atoms with E-state index in [-0.39, 0.29) is 18.4 Å². The molecule has 0 saturated carbocycles. The van der Waals surface area contributed by atoms with Gasteiger partial charge in [-0.15, -0.1) is 11.3 Å². The maximum absolute atomic E-state index is 12.9. The SMILES string of the molecule is O=C([C@H]1CN(C(=O)/C=C/c2cccs2)c2ccccc2O1)N1CCOCC1. The Morgan fingerprint density at radius 1 is 1.11 bits per heavy atom. The fourth-order valence-corrected chi connectivity index (χ4v) is 3.81. The molecule has 2 aromatic rings. The van der Waals surface area contributed by atoms with E-state index >= 15 is 0 Å². The van der Waals surface area contributed by atoms with Crippen molar-refractivity contribution in [3.05, 3.63) is 52.7 Å². The number of para-hydroxylation sites is 2. The van der Waals surface area contributed by atoms with Crippen molar-refractivity contribution >= 4 is 34.9 Å². The summed E-state index contributed by atoms with van der Waals surface area (Å²) in [5, 5.41) is 1.96. The molecule has 2 aliphatic heterocycles. The normalized spacial score (nSPS) is 19.6. The van der Waals surface area contributed by atoms with Gasteiger partial charge in [-0.05, 0) is 29.7 Å². The van der Waals surface area contributed by atoms with Crippen molar-refractivity contribution in [3.63, 3.8) is 0 Å². The number of benzene rings is 1. The number of amides is 2. The van der Waals surface area contributed by atoms with Crippen molar-refractivity contribution in [1.29, 1.82) is 0 Å². The summed E-state index contributed by atoms with van der Waals surface area (Å²) >= 11 is 1.57. The van der Waals surface area contributed by atoms with Gasteiger partial charge in [0.25, 0.3) is 11.8 Å². The summed E-state index contributed by atoms with van der Waals surface area (Å²) in [6, 6.07) is 11.2. The van der Waals surface area contributed by atoms with Gasteiger partial charge in [0.2, 0.25) is 0 Å². The lowest BCUT2D eigenvalue weighted by atomic mass is 10.1. The standard InChI is InChI=1S/C20H20N2O4S/c23-19(8-7-15-4-3-13-27-15)22-14-18(20(24)21-9-11-25-12-10-21)26-17-6-2-1-5-16(17)22/h1-8,13,18H,9-12,14H2/b8-7+/t18-/m1/s1. The lowest BCUT2D eigenvalue weighted by Gasteiger charge is -2.37. The molecule has 1 fully saturated rings. The number of hydrogen-bond donors (Lipinski definition) is 0. The molecule has 1 aromatic carbocycles. The average molecular weight is 384 g/mol. The molecule has 1 aromatic heterocycles. The Morgan fingerprint density at radius 2 is 1.93 bits per heavy atom. The Labute approximate surface area is 161 Å². The number of rotatable bonds is 3. The van der Waals surface area contributed by atoms with Gasteiger partial charge in [0.05, 0.1) is 25.4 Å². The van der Waals surface area contributed by atoms with Gasteiger partial charge >= 0.3 is 0 Å². The third kappa shape index (κ3) is 3.89. The maximum atomic E-state index is 12.9. The molecule has 0 unspecified atom stereocenters. The van der Waals surface area contributed by atoms with Crippen LogP contribution < -0.4 is 9.64 Å². The van der Waals surface area contributed by atoms with Gasteiger partial charge in [-0.1, -0.05) is 18.2 Å². The van der Waals surface area contributed by atoms with Crippen LogP contribution in [0.5, 0.6) is 5.75 Å². The Kier molecular flexibility index (Phi) is 5.22. The predicted octanol–water partition coefficient (Wildman–Crippen LogP) is 2.41. The molecule has 27 heavy (non-hydrogen) atoms. The third-order valence-electron chi connectivity index (χ3n) is 4.57. The van der Waals surface area contributed by atoms with Crippen LogP contribution in [0.3, 0.4) is 0 Å². The van der Waals surface area contributed by atoms with Gasteiger partial charge in [-0.3, -0.25) is 9.59 Å². The van der Waals surface area contributed by atoms with Gasteiger partial charge in [0.1, 0.15) is 5.75 Å². The summed E-state index contributed by atoms with van der Waals surface area (Å²) in [6.45, 7) is 2.35. The minimum atomic E-state index is -0.711. The molecule has 2 amide bonds. The van der Waals surface area contributed by atoms with Crippen LogP contribution in [0.2, 0.25) is 0 Å². The van der Waals surface area contributed by atoms with Gasteiger partial charge in [0, 0.05) is 24.0 Å². The minimum absolute atomic E-state index is 0.104. The molecule has 0 radical (unpaired) electrons. The molecule has 4 rings (SSSR count). The quantitative estimate of drug-likeness (QED) is 0.763. The summed E-state index contributed by atoms with van der Waals surface area (Å²) in [5.74, 6) is 0.278. The fourth-order valence-electron chi connectivity index (χ4n) is 3.19. The monoisotopic (exact) mass is 384 g/mol. The average Bonchev–Trinajstić information content (AvgIpc) is 3.25. The fraction of sp³-hybridized carbons (Fsp3) is 0.300. The minimum Gasteiger partial charge on any atom is -0.476 e. The number of carbonyl (C=O) groups excluding carboxylic acids is 2. The van der Waals surface area contributed by atoms with Crippen molar-refractivity contribution in [1.82, 2.24) is 4.90 Å². The highest BCUT2D eigenvalue weighted by molar-refractivity contribution is 7.10. The van der Waals surface area contributed by atoms with Crippen molar-refractivity contribution in [3.8, 4) is 5.75 Å². The van der Waals surface area contributed by atoms with Crippen molar-refractivity contribution in [2.75, 3.05) is 37.7 Å². The molecular formula is C20H20N2O4S. The molecule has 0 bridgehead atoms. The zero-order chi connectivity index (χ0) is 18.6. The van der Waals surface area contributed by atoms with Crippen molar-refractivity contribution in [2.45, 2.75) is 6.10 Å².